The number of methoxy groups -OCH3 is 2. The summed E-state index contributed by atoms with van der Waals surface area (Å²) in [7, 11) is 2.44. The maximum absolute atomic E-state index is 14.1. The van der Waals surface area contributed by atoms with Crippen LogP contribution in [0.1, 0.15) is 71.4 Å². The molecule has 0 aliphatic heterocycles. The molecule has 0 spiro atoms. The van der Waals surface area contributed by atoms with Gasteiger partial charge in [0, 0.05) is 19.1 Å². The summed E-state index contributed by atoms with van der Waals surface area (Å²) in [4.78, 5) is 51.6. The third-order valence-corrected chi connectivity index (χ3v) is 8.03. The van der Waals surface area contributed by atoms with E-state index >= 15 is 0 Å². The molecule has 0 saturated heterocycles. The lowest BCUT2D eigenvalue weighted by Crippen LogP contribution is -2.58. The molecule has 0 bridgehead atoms. The summed E-state index contributed by atoms with van der Waals surface area (Å²) in [6.07, 6.45) is 2.42. The van der Waals surface area contributed by atoms with E-state index in [1.54, 1.807) is 57.0 Å². The molecule has 5 atom stereocenters. The first kappa shape index (κ1) is 36.0. The number of nitrogens with zero attached hydrogens (tertiary/aromatic N) is 1. The molecule has 2 rings (SSSR count). The predicted molar refractivity (Wildman–Crippen MR) is 162 cm³/mol. The second-order valence-corrected chi connectivity index (χ2v) is 12.0. The van der Waals surface area contributed by atoms with Gasteiger partial charge in [0.15, 0.2) is 5.78 Å². The molecule has 0 radical (unpaired) electrons. The Balaban J connectivity index is 2.42. The Kier molecular flexibility index (Phi) is 14.9. The van der Waals surface area contributed by atoms with Gasteiger partial charge in [0.25, 0.3) is 5.91 Å². The van der Waals surface area contributed by atoms with E-state index in [1.165, 1.54) is 14.2 Å². The molecule has 43 heavy (non-hydrogen) atoms. The van der Waals surface area contributed by atoms with Gasteiger partial charge in [-0.2, -0.15) is 0 Å². The van der Waals surface area contributed by atoms with Crippen molar-refractivity contribution in [3.8, 4) is 0 Å². The van der Waals surface area contributed by atoms with Crippen molar-refractivity contribution in [2.24, 2.45) is 29.4 Å². The van der Waals surface area contributed by atoms with E-state index in [-0.39, 0.29) is 24.3 Å². The van der Waals surface area contributed by atoms with Crippen molar-refractivity contribution in [2.45, 2.75) is 84.0 Å². The summed E-state index contributed by atoms with van der Waals surface area (Å²) >= 11 is 0. The second-order valence-electron chi connectivity index (χ2n) is 12.0. The molecule has 0 heterocycles. The molecule has 12 heteroatoms. The van der Waals surface area contributed by atoms with Crippen molar-refractivity contribution in [1.29, 1.82) is 0 Å². The highest BCUT2D eigenvalue weighted by Gasteiger charge is 2.40. The number of carbonyl (C=O) groups is 4. The predicted octanol–water partition coefficient (Wildman–Crippen LogP) is 2.91. The van der Waals surface area contributed by atoms with Crippen LogP contribution < -0.4 is 21.8 Å². The van der Waals surface area contributed by atoms with E-state index in [1.807, 2.05) is 6.07 Å². The van der Waals surface area contributed by atoms with Crippen LogP contribution in [-0.4, -0.2) is 79.5 Å². The molecule has 1 aliphatic carbocycles. The van der Waals surface area contributed by atoms with Gasteiger partial charge in [0.05, 0.1) is 32.3 Å². The molecule has 2 unspecified atom stereocenters. The SMILES string of the molecule is COC(=O)N[C@H](C(=O)NN(CC1CCCCC1)C[C@@H](O)C(C(=O)[C@H](NC(=O)OC)C(C)C)C(N)c1ccccc1)C(C)C. The number of hydrogen-bond donors (Lipinski definition) is 5. The van der Waals surface area contributed by atoms with Gasteiger partial charge < -0.3 is 30.9 Å². The van der Waals surface area contributed by atoms with E-state index in [4.69, 9.17) is 15.2 Å². The van der Waals surface area contributed by atoms with Gasteiger partial charge in [-0.15, -0.1) is 0 Å². The number of benzene rings is 1. The Morgan fingerprint density at radius 3 is 1.95 bits per heavy atom. The second kappa shape index (κ2) is 17.8. The van der Waals surface area contributed by atoms with Gasteiger partial charge >= 0.3 is 12.2 Å². The number of ether oxygens (including phenoxy) is 2. The molecule has 1 fully saturated rings. The van der Waals surface area contributed by atoms with Gasteiger partial charge in [-0.25, -0.2) is 14.6 Å². The molecule has 242 valence electrons. The number of aliphatic hydroxyl groups is 1. The Morgan fingerprint density at radius 2 is 1.44 bits per heavy atom. The number of Topliss-reactive ketones (excluding diaryl/α,β-unsaturated/α-hetero) is 1. The average molecular weight is 606 g/mol. The van der Waals surface area contributed by atoms with Crippen LogP contribution in [0.3, 0.4) is 0 Å². The van der Waals surface area contributed by atoms with Crippen LogP contribution in [0.2, 0.25) is 0 Å². The first-order valence-corrected chi connectivity index (χ1v) is 15.2. The summed E-state index contributed by atoms with van der Waals surface area (Å²) in [5.74, 6) is -2.34. The minimum Gasteiger partial charge on any atom is -0.453 e. The Bertz CT molecular complexity index is 1030. The van der Waals surface area contributed by atoms with Crippen LogP contribution in [0.4, 0.5) is 9.59 Å². The van der Waals surface area contributed by atoms with Gasteiger partial charge in [0.1, 0.15) is 6.04 Å². The van der Waals surface area contributed by atoms with Gasteiger partial charge in [0.2, 0.25) is 0 Å². The summed E-state index contributed by atoms with van der Waals surface area (Å²) < 4.78 is 9.45. The number of rotatable bonds is 15. The number of nitrogens with two attached hydrogens (primary N) is 1. The summed E-state index contributed by atoms with van der Waals surface area (Å²) in [6, 6.07) is 6.22. The van der Waals surface area contributed by atoms with Crippen molar-refractivity contribution in [1.82, 2.24) is 21.1 Å². The van der Waals surface area contributed by atoms with Crippen LogP contribution in [0.5, 0.6) is 0 Å². The highest BCUT2D eigenvalue weighted by Crippen LogP contribution is 2.28. The van der Waals surface area contributed by atoms with Crippen LogP contribution in [-0.2, 0) is 19.1 Å². The zero-order chi connectivity index (χ0) is 32.1. The molecule has 3 amide bonds. The Hall–Kier alpha value is -3.22. The highest BCUT2D eigenvalue weighted by atomic mass is 16.5. The van der Waals surface area contributed by atoms with Crippen molar-refractivity contribution >= 4 is 23.9 Å². The molecule has 1 saturated carbocycles. The van der Waals surface area contributed by atoms with Crippen molar-refractivity contribution in [3.63, 3.8) is 0 Å². The van der Waals surface area contributed by atoms with Crippen LogP contribution in [0.15, 0.2) is 30.3 Å². The van der Waals surface area contributed by atoms with Crippen molar-refractivity contribution in [2.75, 3.05) is 27.3 Å². The topological polar surface area (TPSA) is 172 Å². The first-order chi connectivity index (χ1) is 20.4. The van der Waals surface area contributed by atoms with Crippen LogP contribution in [0, 0.1) is 23.7 Å². The fraction of sp³-hybridized carbons (Fsp3) is 0.677. The number of aliphatic hydroxyl groups excluding tert-OH is 1. The number of hydrogen-bond acceptors (Lipinski definition) is 9. The number of amides is 3. The highest BCUT2D eigenvalue weighted by molar-refractivity contribution is 5.90. The van der Waals surface area contributed by atoms with Gasteiger partial charge in [-0.05, 0) is 36.2 Å². The van der Waals surface area contributed by atoms with E-state index in [0.29, 0.717) is 12.1 Å². The minimum atomic E-state index is -1.32. The number of carbonyl (C=O) groups excluding carboxylic acids is 4. The van der Waals surface area contributed by atoms with Crippen molar-refractivity contribution < 1.29 is 33.8 Å². The molecule has 6 N–H and O–H groups in total. The standard InChI is InChI=1S/C31H51N5O7/c1-19(2)26(33-30(40)42-5)28(38)24(25(32)22-15-11-8-12-16-22)23(37)18-36(17-21-13-9-7-10-14-21)35-29(39)27(20(3)4)34-31(41)43-6/h8,11-12,15-16,19-21,23-27,37H,7,9-10,13-14,17-18,32H2,1-6H3,(H,33,40)(H,34,41)(H,35,39)/t23-,24?,25?,26-,27+/m1/s1. The van der Waals surface area contributed by atoms with E-state index < -0.39 is 54.0 Å². The quantitative estimate of drug-likeness (QED) is 0.189. The molecular weight excluding hydrogens is 554 g/mol. The number of nitrogens with one attached hydrogen (secondary N) is 3. The van der Waals surface area contributed by atoms with Crippen LogP contribution in [0.25, 0.3) is 0 Å². The van der Waals surface area contributed by atoms with E-state index in [9.17, 15) is 24.3 Å². The summed E-state index contributed by atoms with van der Waals surface area (Å²) in [6.45, 7) is 7.51. The number of ketones is 1. The lowest BCUT2D eigenvalue weighted by molar-refractivity contribution is -0.133. The largest absolute Gasteiger partial charge is 0.453 e. The molecular formula is C31H51N5O7. The van der Waals surface area contributed by atoms with Crippen LogP contribution >= 0.6 is 0 Å². The van der Waals surface area contributed by atoms with Gasteiger partial charge in [-0.3, -0.25) is 15.0 Å². The maximum Gasteiger partial charge on any atom is 0.407 e. The third kappa shape index (κ3) is 11.1. The number of alkyl carbamates (subject to hydrolysis) is 2. The zero-order valence-corrected chi connectivity index (χ0v) is 26.4. The van der Waals surface area contributed by atoms with Crippen molar-refractivity contribution in [3.05, 3.63) is 35.9 Å². The smallest absolute Gasteiger partial charge is 0.407 e. The zero-order valence-electron chi connectivity index (χ0n) is 26.4. The summed E-state index contributed by atoms with van der Waals surface area (Å²) in [5.41, 5.74) is 10.2. The molecule has 12 nitrogen and oxygen atoms in total. The minimum absolute atomic E-state index is 0.106. The molecule has 1 aromatic carbocycles. The van der Waals surface area contributed by atoms with E-state index in [2.05, 4.69) is 16.1 Å². The third-order valence-electron chi connectivity index (χ3n) is 8.03. The molecule has 0 aromatic heterocycles. The Morgan fingerprint density at radius 1 is 0.907 bits per heavy atom. The fourth-order valence-corrected chi connectivity index (χ4v) is 5.58. The Labute approximate surface area is 255 Å². The van der Waals surface area contributed by atoms with Gasteiger partial charge in [-0.1, -0.05) is 77.3 Å². The lowest BCUT2D eigenvalue weighted by atomic mass is 9.80. The first-order valence-electron chi connectivity index (χ1n) is 15.2. The number of hydrazine groups is 1. The normalized spacial score (nSPS) is 17.5. The molecule has 1 aliphatic rings. The molecule has 1 aromatic rings. The van der Waals surface area contributed by atoms with E-state index in [0.717, 1.165) is 32.1 Å². The summed E-state index contributed by atoms with van der Waals surface area (Å²) in [5, 5.41) is 18.6. The monoisotopic (exact) mass is 605 g/mol. The average Bonchev–Trinajstić information content (AvgIpc) is 2.98. The fourth-order valence-electron chi connectivity index (χ4n) is 5.58. The maximum atomic E-state index is 14.1. The lowest BCUT2D eigenvalue weighted by Gasteiger charge is -2.37.